The molecule has 3 rings (SSSR count). The summed E-state index contributed by atoms with van der Waals surface area (Å²) in [5.74, 6) is 0.894. The molecule has 0 aliphatic carbocycles. The lowest BCUT2D eigenvalue weighted by Gasteiger charge is -2.34. The second-order valence-electron chi connectivity index (χ2n) is 5.63. The van der Waals surface area contributed by atoms with Crippen LogP contribution in [0.3, 0.4) is 0 Å². The van der Waals surface area contributed by atoms with Crippen molar-refractivity contribution in [1.82, 2.24) is 25.4 Å². The summed E-state index contributed by atoms with van der Waals surface area (Å²) in [7, 11) is 1.64. The quantitative estimate of drug-likeness (QED) is 0.904. The molecule has 1 aliphatic heterocycles. The fraction of sp³-hybridized carbons (Fsp3) is 0.438. The molecular weight excluding hydrogens is 278 g/mol. The Morgan fingerprint density at radius 1 is 1.36 bits per heavy atom. The number of piperidine rings is 1. The number of aromatic nitrogens is 3. The van der Waals surface area contributed by atoms with Gasteiger partial charge in [-0.05, 0) is 37.1 Å². The predicted octanol–water partition coefficient (Wildman–Crippen LogP) is 1.89. The van der Waals surface area contributed by atoms with Crippen LogP contribution in [0.25, 0.3) is 0 Å². The van der Waals surface area contributed by atoms with E-state index >= 15 is 0 Å². The average Bonchev–Trinajstić information content (AvgIpc) is 3.10. The van der Waals surface area contributed by atoms with Gasteiger partial charge in [-0.1, -0.05) is 18.6 Å². The molecule has 2 heterocycles. The summed E-state index contributed by atoms with van der Waals surface area (Å²) in [5.41, 5.74) is 1.90. The highest BCUT2D eigenvalue weighted by molar-refractivity contribution is 5.93. The molecule has 1 aliphatic rings. The van der Waals surface area contributed by atoms with E-state index in [1.54, 1.807) is 13.4 Å². The standard InChI is InChI=1S/C16H21N5O/c1-17-16(22)13-7-5-12(6-8-13)10-21-9-3-2-4-14(21)15-18-11-19-20-15/h5-8,11,14H,2-4,9-10H2,1H3,(H,17,22)(H,18,19,20)/t14-/m0/s1. The van der Waals surface area contributed by atoms with Gasteiger partial charge in [-0.2, -0.15) is 5.10 Å². The SMILES string of the molecule is CNC(=O)c1ccc(CN2CCCC[C@H]2c2ncn[nH]2)cc1. The van der Waals surface area contributed by atoms with Crippen LogP contribution in [0.15, 0.2) is 30.6 Å². The zero-order valence-electron chi connectivity index (χ0n) is 12.7. The van der Waals surface area contributed by atoms with Crippen LogP contribution >= 0.6 is 0 Å². The summed E-state index contributed by atoms with van der Waals surface area (Å²) in [6, 6.07) is 8.10. The maximum absolute atomic E-state index is 11.6. The lowest BCUT2D eigenvalue weighted by atomic mass is 10.0. The Morgan fingerprint density at radius 3 is 2.86 bits per heavy atom. The summed E-state index contributed by atoms with van der Waals surface area (Å²) in [5, 5.41) is 9.61. The van der Waals surface area contributed by atoms with E-state index in [0.717, 1.165) is 25.3 Å². The molecule has 0 radical (unpaired) electrons. The molecule has 2 aromatic rings. The number of aromatic amines is 1. The number of hydrogen-bond donors (Lipinski definition) is 2. The molecule has 2 N–H and O–H groups in total. The Morgan fingerprint density at radius 2 is 2.18 bits per heavy atom. The highest BCUT2D eigenvalue weighted by Gasteiger charge is 2.26. The number of rotatable bonds is 4. The van der Waals surface area contributed by atoms with Gasteiger partial charge in [0.15, 0.2) is 0 Å². The van der Waals surface area contributed by atoms with Crippen LogP contribution in [-0.2, 0) is 6.54 Å². The lowest BCUT2D eigenvalue weighted by molar-refractivity contribution is 0.0963. The van der Waals surface area contributed by atoms with Gasteiger partial charge in [0.05, 0.1) is 6.04 Å². The molecule has 0 saturated carbocycles. The van der Waals surface area contributed by atoms with Crippen LogP contribution in [0.5, 0.6) is 0 Å². The Labute approximate surface area is 129 Å². The molecule has 1 aromatic carbocycles. The molecule has 6 heteroatoms. The van der Waals surface area contributed by atoms with Gasteiger partial charge in [-0.3, -0.25) is 14.8 Å². The largest absolute Gasteiger partial charge is 0.355 e. The molecule has 1 fully saturated rings. The van der Waals surface area contributed by atoms with Crippen molar-refractivity contribution in [3.05, 3.63) is 47.5 Å². The molecule has 1 atom stereocenters. The lowest BCUT2D eigenvalue weighted by Crippen LogP contribution is -2.33. The van der Waals surface area contributed by atoms with Gasteiger partial charge in [0.25, 0.3) is 5.91 Å². The Hall–Kier alpha value is -2.21. The number of amides is 1. The van der Waals surface area contributed by atoms with E-state index in [1.807, 2.05) is 24.3 Å². The third kappa shape index (κ3) is 3.17. The Kier molecular flexibility index (Phi) is 4.48. The van der Waals surface area contributed by atoms with Crippen molar-refractivity contribution in [2.75, 3.05) is 13.6 Å². The summed E-state index contributed by atoms with van der Waals surface area (Å²) in [6.45, 7) is 1.92. The zero-order valence-corrected chi connectivity index (χ0v) is 12.7. The van der Waals surface area contributed by atoms with Crippen molar-refractivity contribution >= 4 is 5.91 Å². The van der Waals surface area contributed by atoms with Crippen LogP contribution < -0.4 is 5.32 Å². The number of likely N-dealkylation sites (tertiary alicyclic amines) is 1. The molecule has 0 unspecified atom stereocenters. The van der Waals surface area contributed by atoms with Crippen molar-refractivity contribution in [2.45, 2.75) is 31.8 Å². The topological polar surface area (TPSA) is 73.9 Å². The molecule has 0 bridgehead atoms. The first kappa shape index (κ1) is 14.7. The maximum Gasteiger partial charge on any atom is 0.251 e. The normalized spacial score (nSPS) is 19.0. The van der Waals surface area contributed by atoms with Crippen LogP contribution in [0.1, 0.15) is 47.1 Å². The van der Waals surface area contributed by atoms with Gasteiger partial charge in [0, 0.05) is 19.2 Å². The highest BCUT2D eigenvalue weighted by Crippen LogP contribution is 2.29. The fourth-order valence-electron chi connectivity index (χ4n) is 3.01. The van der Waals surface area contributed by atoms with Gasteiger partial charge >= 0.3 is 0 Å². The second kappa shape index (κ2) is 6.70. The number of nitrogens with zero attached hydrogens (tertiary/aromatic N) is 3. The number of H-pyrrole nitrogens is 1. The predicted molar refractivity (Wildman–Crippen MR) is 83.2 cm³/mol. The van der Waals surface area contributed by atoms with Crippen molar-refractivity contribution < 1.29 is 4.79 Å². The number of carbonyl (C=O) groups is 1. The van der Waals surface area contributed by atoms with Crippen LogP contribution in [0.4, 0.5) is 0 Å². The minimum atomic E-state index is -0.0518. The van der Waals surface area contributed by atoms with Crippen molar-refractivity contribution in [2.24, 2.45) is 0 Å². The summed E-state index contributed by atoms with van der Waals surface area (Å²) in [4.78, 5) is 18.3. The van der Waals surface area contributed by atoms with Crippen LogP contribution in [-0.4, -0.2) is 39.6 Å². The van der Waals surface area contributed by atoms with Crippen molar-refractivity contribution in [1.29, 1.82) is 0 Å². The highest BCUT2D eigenvalue weighted by atomic mass is 16.1. The van der Waals surface area contributed by atoms with Gasteiger partial charge in [-0.15, -0.1) is 0 Å². The number of hydrogen-bond acceptors (Lipinski definition) is 4. The molecule has 0 spiro atoms. The van der Waals surface area contributed by atoms with E-state index in [0.29, 0.717) is 11.6 Å². The Bertz CT molecular complexity index is 608. The molecule has 1 amide bonds. The Balaban J connectivity index is 1.71. The number of carbonyl (C=O) groups excluding carboxylic acids is 1. The molecular formula is C16H21N5O. The van der Waals surface area contributed by atoms with Gasteiger partial charge in [-0.25, -0.2) is 4.98 Å². The minimum Gasteiger partial charge on any atom is -0.355 e. The number of benzene rings is 1. The van der Waals surface area contributed by atoms with E-state index in [2.05, 4.69) is 25.4 Å². The third-order valence-electron chi connectivity index (χ3n) is 4.19. The first-order valence-corrected chi connectivity index (χ1v) is 7.68. The average molecular weight is 299 g/mol. The van der Waals surface area contributed by atoms with E-state index in [-0.39, 0.29) is 5.91 Å². The van der Waals surface area contributed by atoms with Crippen molar-refractivity contribution in [3.63, 3.8) is 0 Å². The van der Waals surface area contributed by atoms with Crippen LogP contribution in [0.2, 0.25) is 0 Å². The first-order chi connectivity index (χ1) is 10.8. The van der Waals surface area contributed by atoms with Gasteiger partial charge in [0.1, 0.15) is 12.2 Å². The van der Waals surface area contributed by atoms with Crippen LogP contribution in [0, 0.1) is 0 Å². The smallest absolute Gasteiger partial charge is 0.251 e. The van der Waals surface area contributed by atoms with Gasteiger partial charge in [0.2, 0.25) is 0 Å². The molecule has 1 saturated heterocycles. The van der Waals surface area contributed by atoms with E-state index in [4.69, 9.17) is 0 Å². The molecule has 1 aromatic heterocycles. The maximum atomic E-state index is 11.6. The summed E-state index contributed by atoms with van der Waals surface area (Å²) in [6.07, 6.45) is 5.10. The summed E-state index contributed by atoms with van der Waals surface area (Å²) >= 11 is 0. The molecule has 22 heavy (non-hydrogen) atoms. The van der Waals surface area contributed by atoms with E-state index in [1.165, 1.54) is 18.4 Å². The van der Waals surface area contributed by atoms with E-state index in [9.17, 15) is 4.79 Å². The number of nitrogens with one attached hydrogen (secondary N) is 2. The monoisotopic (exact) mass is 299 g/mol. The fourth-order valence-corrected chi connectivity index (χ4v) is 3.01. The van der Waals surface area contributed by atoms with Crippen molar-refractivity contribution in [3.8, 4) is 0 Å². The molecule has 116 valence electrons. The zero-order chi connectivity index (χ0) is 15.4. The molecule has 6 nitrogen and oxygen atoms in total. The third-order valence-corrected chi connectivity index (χ3v) is 4.19. The second-order valence-corrected chi connectivity index (χ2v) is 5.63. The van der Waals surface area contributed by atoms with E-state index < -0.39 is 0 Å². The minimum absolute atomic E-state index is 0.0518. The summed E-state index contributed by atoms with van der Waals surface area (Å²) < 4.78 is 0. The first-order valence-electron chi connectivity index (χ1n) is 7.68. The van der Waals surface area contributed by atoms with Gasteiger partial charge < -0.3 is 5.32 Å².